The molecule has 3 atom stereocenters. The molecule has 1 aromatic carbocycles. The van der Waals surface area contributed by atoms with Gasteiger partial charge in [0.1, 0.15) is 6.10 Å². The van der Waals surface area contributed by atoms with E-state index in [1.165, 1.54) is 0 Å². The van der Waals surface area contributed by atoms with Crippen LogP contribution in [0.5, 0.6) is 0 Å². The van der Waals surface area contributed by atoms with E-state index >= 15 is 0 Å². The van der Waals surface area contributed by atoms with E-state index in [2.05, 4.69) is 19.2 Å². The van der Waals surface area contributed by atoms with Crippen LogP contribution in [0.25, 0.3) is 0 Å². The minimum Gasteiger partial charge on any atom is -0.458 e. The van der Waals surface area contributed by atoms with Crippen LogP contribution in [0.4, 0.5) is 0 Å². The third-order valence-electron chi connectivity index (χ3n) is 3.28. The highest BCUT2D eigenvalue weighted by Gasteiger charge is 2.28. The Bertz CT molecular complexity index is 377. The minimum atomic E-state index is -0.212. The number of benzene rings is 1. The average molecular weight is 233 g/mol. The summed E-state index contributed by atoms with van der Waals surface area (Å²) in [4.78, 5) is 11.9. The molecule has 0 amide bonds. The predicted octanol–water partition coefficient (Wildman–Crippen LogP) is 2.23. The largest absolute Gasteiger partial charge is 0.458 e. The van der Waals surface area contributed by atoms with Gasteiger partial charge in [0.15, 0.2) is 0 Å². The van der Waals surface area contributed by atoms with Gasteiger partial charge in [-0.1, -0.05) is 25.1 Å². The number of rotatable bonds is 2. The topological polar surface area (TPSA) is 38.3 Å². The maximum absolute atomic E-state index is 11.9. The summed E-state index contributed by atoms with van der Waals surface area (Å²) >= 11 is 0. The van der Waals surface area contributed by atoms with Crippen molar-refractivity contribution in [1.29, 1.82) is 0 Å². The van der Waals surface area contributed by atoms with Crippen LogP contribution in [0.1, 0.15) is 30.6 Å². The number of piperidine rings is 1. The molecular formula is C14H19NO2. The highest BCUT2D eigenvalue weighted by Crippen LogP contribution is 2.19. The zero-order valence-electron chi connectivity index (χ0n) is 10.3. The van der Waals surface area contributed by atoms with Gasteiger partial charge in [-0.15, -0.1) is 0 Å². The van der Waals surface area contributed by atoms with Crippen molar-refractivity contribution in [1.82, 2.24) is 5.32 Å². The standard InChI is InChI=1S/C14H19NO2/c1-10-9-15-11(2)8-13(10)17-14(16)12-6-4-3-5-7-12/h3-7,10-11,13,15H,8-9H2,1-2H3. The van der Waals surface area contributed by atoms with Crippen molar-refractivity contribution in [3.05, 3.63) is 35.9 Å². The molecule has 1 N–H and O–H groups in total. The molecule has 3 unspecified atom stereocenters. The summed E-state index contributed by atoms with van der Waals surface area (Å²) in [5, 5.41) is 3.38. The molecule has 3 nitrogen and oxygen atoms in total. The molecule has 0 saturated carbocycles. The van der Waals surface area contributed by atoms with Crippen LogP contribution in [0, 0.1) is 5.92 Å². The average Bonchev–Trinajstić information content (AvgIpc) is 2.35. The number of hydrogen-bond donors (Lipinski definition) is 1. The van der Waals surface area contributed by atoms with E-state index in [0.29, 0.717) is 17.5 Å². The van der Waals surface area contributed by atoms with Gasteiger partial charge in [0.05, 0.1) is 5.56 Å². The Morgan fingerprint density at radius 2 is 2.00 bits per heavy atom. The van der Waals surface area contributed by atoms with E-state index in [9.17, 15) is 4.79 Å². The van der Waals surface area contributed by atoms with E-state index < -0.39 is 0 Å². The molecule has 3 heteroatoms. The molecule has 1 fully saturated rings. The van der Waals surface area contributed by atoms with Gasteiger partial charge in [0.2, 0.25) is 0 Å². The van der Waals surface area contributed by atoms with Crippen molar-refractivity contribution in [2.75, 3.05) is 6.54 Å². The van der Waals surface area contributed by atoms with Crippen LogP contribution < -0.4 is 5.32 Å². The minimum absolute atomic E-state index is 0.0268. The molecule has 92 valence electrons. The van der Waals surface area contributed by atoms with Crippen molar-refractivity contribution in [2.24, 2.45) is 5.92 Å². The van der Waals surface area contributed by atoms with Crippen molar-refractivity contribution in [3.63, 3.8) is 0 Å². The van der Waals surface area contributed by atoms with Gasteiger partial charge in [-0.2, -0.15) is 0 Å². The first-order chi connectivity index (χ1) is 8.16. The van der Waals surface area contributed by atoms with Gasteiger partial charge < -0.3 is 10.1 Å². The molecule has 2 rings (SSSR count). The monoisotopic (exact) mass is 233 g/mol. The van der Waals surface area contributed by atoms with Crippen LogP contribution in [0.2, 0.25) is 0 Å². The second-order valence-corrected chi connectivity index (χ2v) is 4.83. The van der Waals surface area contributed by atoms with Gasteiger partial charge in [0, 0.05) is 18.5 Å². The Morgan fingerprint density at radius 3 is 2.71 bits per heavy atom. The molecule has 1 heterocycles. The van der Waals surface area contributed by atoms with E-state index in [4.69, 9.17) is 4.74 Å². The Balaban J connectivity index is 1.98. The molecule has 17 heavy (non-hydrogen) atoms. The normalized spacial score (nSPS) is 28.7. The highest BCUT2D eigenvalue weighted by atomic mass is 16.5. The predicted molar refractivity (Wildman–Crippen MR) is 66.9 cm³/mol. The van der Waals surface area contributed by atoms with Gasteiger partial charge in [-0.25, -0.2) is 4.79 Å². The van der Waals surface area contributed by atoms with Crippen LogP contribution in [-0.4, -0.2) is 24.7 Å². The lowest BCUT2D eigenvalue weighted by Gasteiger charge is -2.33. The third-order valence-corrected chi connectivity index (χ3v) is 3.28. The first-order valence-electron chi connectivity index (χ1n) is 6.16. The number of carbonyl (C=O) groups excluding carboxylic acids is 1. The summed E-state index contributed by atoms with van der Waals surface area (Å²) in [6, 6.07) is 9.59. The molecule has 0 radical (unpaired) electrons. The van der Waals surface area contributed by atoms with Gasteiger partial charge in [-0.05, 0) is 25.5 Å². The molecule has 0 aliphatic carbocycles. The number of carbonyl (C=O) groups is 1. The summed E-state index contributed by atoms with van der Waals surface area (Å²) in [5.74, 6) is 0.162. The molecular weight excluding hydrogens is 214 g/mol. The number of hydrogen-bond acceptors (Lipinski definition) is 3. The first-order valence-corrected chi connectivity index (χ1v) is 6.16. The lowest BCUT2D eigenvalue weighted by Crippen LogP contribution is -2.45. The second-order valence-electron chi connectivity index (χ2n) is 4.83. The fraction of sp³-hybridized carbons (Fsp3) is 0.500. The number of nitrogens with one attached hydrogen (secondary N) is 1. The molecule has 1 aromatic rings. The molecule has 1 saturated heterocycles. The fourth-order valence-corrected chi connectivity index (χ4v) is 2.13. The summed E-state index contributed by atoms with van der Waals surface area (Å²) in [6.45, 7) is 5.14. The first kappa shape index (κ1) is 12.1. The van der Waals surface area contributed by atoms with Crippen LogP contribution >= 0.6 is 0 Å². The number of esters is 1. The van der Waals surface area contributed by atoms with Gasteiger partial charge in [-0.3, -0.25) is 0 Å². The van der Waals surface area contributed by atoms with Gasteiger partial charge >= 0.3 is 5.97 Å². The van der Waals surface area contributed by atoms with Gasteiger partial charge in [0.25, 0.3) is 0 Å². The van der Waals surface area contributed by atoms with Crippen LogP contribution in [0.3, 0.4) is 0 Å². The maximum atomic E-state index is 11.9. The van der Waals surface area contributed by atoms with E-state index in [1.54, 1.807) is 12.1 Å². The lowest BCUT2D eigenvalue weighted by atomic mass is 9.93. The Kier molecular flexibility index (Phi) is 3.79. The molecule has 1 aliphatic rings. The quantitative estimate of drug-likeness (QED) is 0.796. The second kappa shape index (κ2) is 5.32. The highest BCUT2D eigenvalue weighted by molar-refractivity contribution is 5.89. The Labute approximate surface area is 102 Å². The smallest absolute Gasteiger partial charge is 0.338 e. The molecule has 0 bridgehead atoms. The van der Waals surface area contributed by atoms with Crippen molar-refractivity contribution in [2.45, 2.75) is 32.4 Å². The van der Waals surface area contributed by atoms with Crippen molar-refractivity contribution >= 4 is 5.97 Å². The van der Waals surface area contributed by atoms with Crippen LogP contribution in [-0.2, 0) is 4.74 Å². The summed E-state index contributed by atoms with van der Waals surface area (Å²) in [7, 11) is 0. The zero-order chi connectivity index (χ0) is 12.3. The van der Waals surface area contributed by atoms with E-state index in [1.807, 2.05) is 18.2 Å². The van der Waals surface area contributed by atoms with Crippen LogP contribution in [0.15, 0.2) is 30.3 Å². The number of ether oxygens (including phenoxy) is 1. The van der Waals surface area contributed by atoms with Crippen molar-refractivity contribution < 1.29 is 9.53 Å². The summed E-state index contributed by atoms with van der Waals surface area (Å²) in [6.07, 6.45) is 0.915. The summed E-state index contributed by atoms with van der Waals surface area (Å²) in [5.41, 5.74) is 0.630. The lowest BCUT2D eigenvalue weighted by molar-refractivity contribution is 0.00287. The molecule has 1 aliphatic heterocycles. The zero-order valence-corrected chi connectivity index (χ0v) is 10.3. The maximum Gasteiger partial charge on any atom is 0.338 e. The van der Waals surface area contributed by atoms with Crippen molar-refractivity contribution in [3.8, 4) is 0 Å². The van der Waals surface area contributed by atoms with E-state index in [0.717, 1.165) is 13.0 Å². The molecule has 0 aromatic heterocycles. The summed E-state index contributed by atoms with van der Waals surface area (Å²) < 4.78 is 5.58. The molecule has 0 spiro atoms. The Morgan fingerprint density at radius 1 is 1.29 bits per heavy atom. The third kappa shape index (κ3) is 3.07. The van der Waals surface area contributed by atoms with E-state index in [-0.39, 0.29) is 12.1 Å². The SMILES string of the molecule is CC1CC(OC(=O)c2ccccc2)C(C)CN1. The Hall–Kier alpha value is -1.35. The fourth-order valence-electron chi connectivity index (χ4n) is 2.13.